The predicted molar refractivity (Wildman–Crippen MR) is 104 cm³/mol. The molecule has 1 aromatic heterocycles. The van der Waals surface area contributed by atoms with E-state index in [0.29, 0.717) is 18.2 Å². The van der Waals surface area contributed by atoms with Gasteiger partial charge in [-0.15, -0.1) is 0 Å². The van der Waals surface area contributed by atoms with Crippen molar-refractivity contribution in [1.82, 2.24) is 10.3 Å². The summed E-state index contributed by atoms with van der Waals surface area (Å²) in [5, 5.41) is 3.11. The Morgan fingerprint density at radius 3 is 2.58 bits per heavy atom. The Kier molecular flexibility index (Phi) is 5.40. The van der Waals surface area contributed by atoms with Gasteiger partial charge in [-0.05, 0) is 55.0 Å². The highest BCUT2D eigenvalue weighted by molar-refractivity contribution is 5.79. The molecule has 26 heavy (non-hydrogen) atoms. The van der Waals surface area contributed by atoms with Crippen molar-refractivity contribution in [3.05, 3.63) is 65.0 Å². The molecule has 3 rings (SSSR count). The van der Waals surface area contributed by atoms with E-state index >= 15 is 0 Å². The summed E-state index contributed by atoms with van der Waals surface area (Å²) in [4.78, 5) is 17.2. The maximum Gasteiger partial charge on any atom is 0.225 e. The number of carbonyl (C=O) groups excluding carboxylic acids is 1. The van der Waals surface area contributed by atoms with Gasteiger partial charge in [-0.25, -0.2) is 4.98 Å². The average molecular weight is 350 g/mol. The number of hydrogen-bond acceptors (Lipinski definition) is 3. The summed E-state index contributed by atoms with van der Waals surface area (Å²) in [5.41, 5.74) is 5.03. The molecule has 0 saturated carbocycles. The molecule has 0 bridgehead atoms. The Hall–Kier alpha value is -2.62. The van der Waals surface area contributed by atoms with Crippen molar-refractivity contribution in [2.45, 2.75) is 46.6 Å². The van der Waals surface area contributed by atoms with Crippen molar-refractivity contribution in [2.75, 3.05) is 0 Å². The smallest absolute Gasteiger partial charge is 0.225 e. The molecule has 0 aliphatic rings. The average Bonchev–Trinajstić information content (AvgIpc) is 3.01. The molecule has 1 heterocycles. The number of hydrogen-bond donors (Lipinski definition) is 1. The highest BCUT2D eigenvalue weighted by Gasteiger charge is 2.21. The summed E-state index contributed by atoms with van der Waals surface area (Å²) in [6.07, 6.45) is 1.14. The zero-order valence-corrected chi connectivity index (χ0v) is 15.9. The Morgan fingerprint density at radius 1 is 1.12 bits per heavy atom. The van der Waals surface area contributed by atoms with Gasteiger partial charge < -0.3 is 9.73 Å². The molecule has 0 radical (unpaired) electrons. The third-order valence-corrected chi connectivity index (χ3v) is 4.59. The molecular formula is C22H26N2O2. The molecule has 0 aliphatic heterocycles. The zero-order valence-electron chi connectivity index (χ0n) is 15.9. The number of carbonyl (C=O) groups is 1. The summed E-state index contributed by atoms with van der Waals surface area (Å²) in [6, 6.07) is 13.6. The number of nitrogens with one attached hydrogen (secondary N) is 1. The fraction of sp³-hybridized carbons (Fsp3) is 0.364. The molecule has 0 fully saturated rings. The van der Waals surface area contributed by atoms with Crippen LogP contribution in [0.15, 0.2) is 46.9 Å². The molecule has 3 aromatic rings. The van der Waals surface area contributed by atoms with Crippen LogP contribution < -0.4 is 5.32 Å². The second-order valence-corrected chi connectivity index (χ2v) is 7.36. The number of benzene rings is 2. The molecule has 4 heteroatoms. The minimum Gasteiger partial charge on any atom is -0.438 e. The van der Waals surface area contributed by atoms with Crippen LogP contribution in [0.2, 0.25) is 0 Å². The Bertz CT molecular complexity index is 878. The van der Waals surface area contributed by atoms with Crippen molar-refractivity contribution in [3.8, 4) is 0 Å². The maximum atomic E-state index is 12.6. The van der Waals surface area contributed by atoms with Gasteiger partial charge in [0.25, 0.3) is 0 Å². The summed E-state index contributed by atoms with van der Waals surface area (Å²) in [5.74, 6) is 0.978. The number of fused-ring (bicyclic) bond motifs is 1. The van der Waals surface area contributed by atoms with E-state index in [1.165, 1.54) is 11.1 Å². The third kappa shape index (κ3) is 4.31. The number of amides is 1. The lowest BCUT2D eigenvalue weighted by Gasteiger charge is -2.18. The fourth-order valence-electron chi connectivity index (χ4n) is 3.08. The maximum absolute atomic E-state index is 12.6. The van der Waals surface area contributed by atoms with E-state index in [1.54, 1.807) is 0 Å². The fourth-order valence-corrected chi connectivity index (χ4v) is 3.08. The van der Waals surface area contributed by atoms with E-state index in [4.69, 9.17) is 4.42 Å². The number of oxazole rings is 1. The van der Waals surface area contributed by atoms with E-state index in [1.807, 2.05) is 30.3 Å². The molecule has 4 nitrogen and oxygen atoms in total. The molecule has 0 aliphatic carbocycles. The van der Waals surface area contributed by atoms with Gasteiger partial charge in [0.2, 0.25) is 11.8 Å². The lowest BCUT2D eigenvalue weighted by Crippen LogP contribution is -2.31. The standard InChI is InChI=1S/C22H26N2O2/c1-14(2)11-19(22-24-18-7-5-6-8-20(18)26-22)23-21(25)13-17-10-9-15(3)16(4)12-17/h5-10,12,14,19H,11,13H2,1-4H3,(H,23,25)/t19-/m0/s1. The molecule has 0 spiro atoms. The van der Waals surface area contributed by atoms with Gasteiger partial charge in [-0.2, -0.15) is 0 Å². The van der Waals surface area contributed by atoms with Crippen LogP contribution in [0.3, 0.4) is 0 Å². The van der Waals surface area contributed by atoms with Crippen LogP contribution in [0, 0.1) is 19.8 Å². The minimum atomic E-state index is -0.221. The van der Waals surface area contributed by atoms with Gasteiger partial charge in [0.05, 0.1) is 6.42 Å². The second-order valence-electron chi connectivity index (χ2n) is 7.36. The topological polar surface area (TPSA) is 55.1 Å². The van der Waals surface area contributed by atoms with Gasteiger partial charge >= 0.3 is 0 Å². The molecule has 0 saturated heterocycles. The highest BCUT2D eigenvalue weighted by atomic mass is 16.3. The third-order valence-electron chi connectivity index (χ3n) is 4.59. The van der Waals surface area contributed by atoms with Crippen LogP contribution in [0.4, 0.5) is 0 Å². The van der Waals surface area contributed by atoms with Crippen LogP contribution in [-0.4, -0.2) is 10.9 Å². The lowest BCUT2D eigenvalue weighted by molar-refractivity contribution is -0.121. The van der Waals surface area contributed by atoms with E-state index in [0.717, 1.165) is 23.1 Å². The Labute approximate surface area is 154 Å². The van der Waals surface area contributed by atoms with Crippen LogP contribution in [0.25, 0.3) is 11.1 Å². The molecule has 1 amide bonds. The number of para-hydroxylation sites is 2. The zero-order chi connectivity index (χ0) is 18.7. The summed E-state index contributed by atoms with van der Waals surface area (Å²) >= 11 is 0. The number of rotatable bonds is 6. The van der Waals surface area contributed by atoms with Crippen molar-refractivity contribution in [2.24, 2.45) is 5.92 Å². The largest absolute Gasteiger partial charge is 0.438 e. The monoisotopic (exact) mass is 350 g/mol. The first-order valence-electron chi connectivity index (χ1n) is 9.13. The molecule has 1 atom stereocenters. The van der Waals surface area contributed by atoms with Crippen LogP contribution in [-0.2, 0) is 11.2 Å². The van der Waals surface area contributed by atoms with Crippen molar-refractivity contribution in [1.29, 1.82) is 0 Å². The SMILES string of the molecule is Cc1ccc(CC(=O)N[C@@H](CC(C)C)c2nc3ccccc3o2)cc1C. The van der Waals surface area contributed by atoms with Gasteiger partial charge in [-0.3, -0.25) is 4.79 Å². The quantitative estimate of drug-likeness (QED) is 0.688. The lowest BCUT2D eigenvalue weighted by atomic mass is 10.0. The summed E-state index contributed by atoms with van der Waals surface area (Å²) in [6.45, 7) is 8.40. The van der Waals surface area contributed by atoms with Gasteiger partial charge in [0.1, 0.15) is 11.6 Å². The normalized spacial score (nSPS) is 12.5. The highest BCUT2D eigenvalue weighted by Crippen LogP contribution is 2.25. The molecule has 2 aromatic carbocycles. The van der Waals surface area contributed by atoms with Crippen LogP contribution in [0.5, 0.6) is 0 Å². The Morgan fingerprint density at radius 2 is 1.88 bits per heavy atom. The van der Waals surface area contributed by atoms with E-state index < -0.39 is 0 Å². The predicted octanol–water partition coefficient (Wildman–Crippen LogP) is 4.89. The molecule has 136 valence electrons. The van der Waals surface area contributed by atoms with Gasteiger partial charge in [-0.1, -0.05) is 44.2 Å². The number of aryl methyl sites for hydroxylation is 2. The molecule has 1 N–H and O–H groups in total. The number of aromatic nitrogens is 1. The van der Waals surface area contributed by atoms with E-state index in [9.17, 15) is 4.79 Å². The van der Waals surface area contributed by atoms with E-state index in [-0.39, 0.29) is 11.9 Å². The molecule has 0 unspecified atom stereocenters. The Balaban J connectivity index is 1.77. The van der Waals surface area contributed by atoms with Crippen molar-refractivity contribution < 1.29 is 9.21 Å². The van der Waals surface area contributed by atoms with E-state index in [2.05, 4.69) is 50.1 Å². The van der Waals surface area contributed by atoms with Gasteiger partial charge in [0, 0.05) is 0 Å². The summed E-state index contributed by atoms with van der Waals surface area (Å²) < 4.78 is 5.89. The summed E-state index contributed by atoms with van der Waals surface area (Å²) in [7, 11) is 0. The van der Waals surface area contributed by atoms with Gasteiger partial charge in [0.15, 0.2) is 5.58 Å². The first kappa shape index (κ1) is 18.2. The molecular weight excluding hydrogens is 324 g/mol. The van der Waals surface area contributed by atoms with Crippen LogP contribution >= 0.6 is 0 Å². The van der Waals surface area contributed by atoms with Crippen molar-refractivity contribution in [3.63, 3.8) is 0 Å². The van der Waals surface area contributed by atoms with Crippen molar-refractivity contribution >= 4 is 17.0 Å². The second kappa shape index (κ2) is 7.73. The number of nitrogens with zero attached hydrogens (tertiary/aromatic N) is 1. The first-order valence-corrected chi connectivity index (χ1v) is 9.13. The first-order chi connectivity index (χ1) is 12.4. The minimum absolute atomic E-state index is 0.0128. The van der Waals surface area contributed by atoms with Crippen LogP contribution in [0.1, 0.15) is 48.9 Å².